The normalized spacial score (nSPS) is 23.8. The molecule has 1 fully saturated rings. The SMILES string of the molecule is COCCN=C1NC(=O)C(C)(c2cc(F)cc(F)c2)N1. The van der Waals surface area contributed by atoms with Gasteiger partial charge in [0.1, 0.15) is 17.2 Å². The van der Waals surface area contributed by atoms with Crippen LogP contribution in [0.1, 0.15) is 12.5 Å². The molecule has 108 valence electrons. The predicted molar refractivity (Wildman–Crippen MR) is 69.2 cm³/mol. The highest BCUT2D eigenvalue weighted by Crippen LogP contribution is 2.25. The minimum Gasteiger partial charge on any atom is -0.383 e. The van der Waals surface area contributed by atoms with Crippen molar-refractivity contribution in [2.75, 3.05) is 20.3 Å². The fourth-order valence-corrected chi connectivity index (χ4v) is 1.93. The van der Waals surface area contributed by atoms with Crippen molar-refractivity contribution >= 4 is 11.9 Å². The first-order valence-electron chi connectivity index (χ1n) is 6.05. The van der Waals surface area contributed by atoms with E-state index in [0.29, 0.717) is 13.2 Å². The fraction of sp³-hybridized carbons (Fsp3) is 0.385. The van der Waals surface area contributed by atoms with Crippen molar-refractivity contribution in [2.24, 2.45) is 4.99 Å². The van der Waals surface area contributed by atoms with Crippen molar-refractivity contribution in [1.29, 1.82) is 0 Å². The Kier molecular flexibility index (Phi) is 3.99. The highest BCUT2D eigenvalue weighted by Gasteiger charge is 2.42. The van der Waals surface area contributed by atoms with E-state index in [4.69, 9.17) is 4.74 Å². The van der Waals surface area contributed by atoms with Gasteiger partial charge in [0.05, 0.1) is 13.2 Å². The Morgan fingerprint density at radius 3 is 2.55 bits per heavy atom. The third-order valence-electron chi connectivity index (χ3n) is 3.06. The number of hydrogen-bond donors (Lipinski definition) is 2. The second kappa shape index (κ2) is 5.54. The van der Waals surface area contributed by atoms with Crippen molar-refractivity contribution in [1.82, 2.24) is 10.6 Å². The number of rotatable bonds is 4. The smallest absolute Gasteiger partial charge is 0.256 e. The predicted octanol–water partition coefficient (Wildman–Crippen LogP) is 0.902. The summed E-state index contributed by atoms with van der Waals surface area (Å²) in [6, 6.07) is 2.99. The summed E-state index contributed by atoms with van der Waals surface area (Å²) in [6.07, 6.45) is 0. The number of carbonyl (C=O) groups is 1. The van der Waals surface area contributed by atoms with Crippen molar-refractivity contribution in [3.05, 3.63) is 35.4 Å². The molecule has 0 saturated carbocycles. The summed E-state index contributed by atoms with van der Waals surface area (Å²) in [6.45, 7) is 2.31. The Morgan fingerprint density at radius 2 is 1.95 bits per heavy atom. The van der Waals surface area contributed by atoms with Gasteiger partial charge in [-0.2, -0.15) is 0 Å². The monoisotopic (exact) mass is 283 g/mol. The molecule has 1 aliphatic heterocycles. The van der Waals surface area contributed by atoms with Crippen molar-refractivity contribution in [3.8, 4) is 0 Å². The largest absolute Gasteiger partial charge is 0.383 e. The van der Waals surface area contributed by atoms with Crippen molar-refractivity contribution < 1.29 is 18.3 Å². The lowest BCUT2D eigenvalue weighted by molar-refractivity contribution is -0.123. The molecule has 1 amide bonds. The van der Waals surface area contributed by atoms with Gasteiger partial charge in [-0.25, -0.2) is 8.78 Å². The molecule has 1 atom stereocenters. The second-order valence-electron chi connectivity index (χ2n) is 4.59. The van der Waals surface area contributed by atoms with Crippen molar-refractivity contribution in [3.63, 3.8) is 0 Å². The van der Waals surface area contributed by atoms with E-state index in [1.807, 2.05) is 0 Å². The number of methoxy groups -OCH3 is 1. The molecule has 1 saturated heterocycles. The maximum atomic E-state index is 13.3. The topological polar surface area (TPSA) is 62.7 Å². The molecular weight excluding hydrogens is 268 g/mol. The number of ether oxygens (including phenoxy) is 1. The first-order valence-corrected chi connectivity index (χ1v) is 6.05. The zero-order valence-corrected chi connectivity index (χ0v) is 11.2. The van der Waals surface area contributed by atoms with E-state index in [-0.39, 0.29) is 11.5 Å². The average Bonchev–Trinajstić information content (AvgIpc) is 2.65. The van der Waals surface area contributed by atoms with Crippen LogP contribution in [0, 0.1) is 11.6 Å². The first kappa shape index (κ1) is 14.4. The standard InChI is InChI=1S/C13H15F2N3O2/c1-13(8-5-9(14)7-10(15)6-8)11(19)17-12(18-13)16-3-4-20-2/h5-7H,3-4H2,1-2H3,(H2,16,17,18,19). The highest BCUT2D eigenvalue weighted by atomic mass is 19.1. The number of hydrogen-bond acceptors (Lipinski definition) is 3. The Bertz CT molecular complexity index is 542. The molecule has 0 bridgehead atoms. The van der Waals surface area contributed by atoms with Gasteiger partial charge in [0, 0.05) is 13.2 Å². The van der Waals surface area contributed by atoms with E-state index >= 15 is 0 Å². The number of nitrogens with one attached hydrogen (secondary N) is 2. The van der Waals surface area contributed by atoms with Gasteiger partial charge in [0.2, 0.25) is 0 Å². The minimum absolute atomic E-state index is 0.199. The molecular formula is C13H15F2N3O2. The van der Waals surface area contributed by atoms with Gasteiger partial charge >= 0.3 is 0 Å². The lowest BCUT2D eigenvalue weighted by atomic mass is 9.92. The molecule has 1 aromatic rings. The molecule has 20 heavy (non-hydrogen) atoms. The molecule has 2 rings (SSSR count). The van der Waals surface area contributed by atoms with Crippen LogP contribution < -0.4 is 10.6 Å². The van der Waals surface area contributed by atoms with E-state index in [1.165, 1.54) is 6.92 Å². The quantitative estimate of drug-likeness (QED) is 0.807. The second-order valence-corrected chi connectivity index (χ2v) is 4.59. The fourth-order valence-electron chi connectivity index (χ4n) is 1.93. The number of nitrogens with zero attached hydrogens (tertiary/aromatic N) is 1. The van der Waals surface area contributed by atoms with Crippen LogP contribution >= 0.6 is 0 Å². The van der Waals surface area contributed by atoms with Crippen LogP contribution in [-0.4, -0.2) is 32.1 Å². The average molecular weight is 283 g/mol. The lowest BCUT2D eigenvalue weighted by Gasteiger charge is -2.21. The van der Waals surface area contributed by atoms with Crippen molar-refractivity contribution in [2.45, 2.75) is 12.5 Å². The molecule has 1 heterocycles. The van der Waals surface area contributed by atoms with Crippen LogP contribution in [0.15, 0.2) is 23.2 Å². The van der Waals surface area contributed by atoms with Gasteiger partial charge in [-0.1, -0.05) is 0 Å². The highest BCUT2D eigenvalue weighted by molar-refractivity contribution is 6.09. The van der Waals surface area contributed by atoms with E-state index in [9.17, 15) is 13.6 Å². The Hall–Kier alpha value is -2.02. The van der Waals surface area contributed by atoms with Gasteiger partial charge in [-0.3, -0.25) is 15.1 Å². The summed E-state index contributed by atoms with van der Waals surface area (Å²) < 4.78 is 31.4. The lowest BCUT2D eigenvalue weighted by Crippen LogP contribution is -2.40. The van der Waals surface area contributed by atoms with E-state index in [1.54, 1.807) is 7.11 Å². The molecule has 0 radical (unpaired) electrons. The number of carbonyl (C=O) groups excluding carboxylic acids is 1. The summed E-state index contributed by atoms with van der Waals surface area (Å²) in [7, 11) is 1.54. The van der Waals surface area contributed by atoms with Crippen LogP contribution in [0.25, 0.3) is 0 Å². The number of guanidine groups is 1. The van der Waals surface area contributed by atoms with Gasteiger partial charge in [0.25, 0.3) is 5.91 Å². The number of benzene rings is 1. The molecule has 1 unspecified atom stereocenters. The van der Waals surface area contributed by atoms with Crippen LogP contribution in [0.5, 0.6) is 0 Å². The molecule has 0 aliphatic carbocycles. The molecule has 5 nitrogen and oxygen atoms in total. The summed E-state index contributed by atoms with van der Waals surface area (Å²) in [5.41, 5.74) is -1.06. The third kappa shape index (κ3) is 2.77. The van der Waals surface area contributed by atoms with Crippen LogP contribution in [-0.2, 0) is 15.1 Å². The Morgan fingerprint density at radius 1 is 1.30 bits per heavy atom. The molecule has 1 aliphatic rings. The van der Waals surface area contributed by atoms with Crippen LogP contribution in [0.2, 0.25) is 0 Å². The zero-order valence-electron chi connectivity index (χ0n) is 11.2. The van der Waals surface area contributed by atoms with E-state index in [2.05, 4.69) is 15.6 Å². The van der Waals surface area contributed by atoms with Crippen LogP contribution in [0.4, 0.5) is 8.78 Å². The summed E-state index contributed by atoms with van der Waals surface area (Å²) >= 11 is 0. The zero-order chi connectivity index (χ0) is 14.8. The minimum atomic E-state index is -1.26. The number of halogens is 2. The van der Waals surface area contributed by atoms with Gasteiger partial charge < -0.3 is 10.1 Å². The molecule has 0 spiro atoms. The third-order valence-corrected chi connectivity index (χ3v) is 3.06. The molecule has 1 aromatic carbocycles. The van der Waals surface area contributed by atoms with Gasteiger partial charge in [0.15, 0.2) is 5.96 Å². The Labute approximate surface area is 115 Å². The molecule has 2 N–H and O–H groups in total. The van der Waals surface area contributed by atoms with Crippen LogP contribution in [0.3, 0.4) is 0 Å². The Balaban J connectivity index is 2.26. The summed E-state index contributed by atoms with van der Waals surface area (Å²) in [4.78, 5) is 16.1. The van der Waals surface area contributed by atoms with Gasteiger partial charge in [-0.15, -0.1) is 0 Å². The summed E-state index contributed by atoms with van der Waals surface area (Å²) in [5.74, 6) is -1.63. The summed E-state index contributed by atoms with van der Waals surface area (Å²) in [5, 5.41) is 5.39. The van der Waals surface area contributed by atoms with Gasteiger partial charge in [-0.05, 0) is 24.6 Å². The molecule has 0 aromatic heterocycles. The maximum absolute atomic E-state index is 13.3. The number of aliphatic imine (C=N–C) groups is 1. The van der Waals surface area contributed by atoms with E-state index < -0.39 is 23.1 Å². The number of amides is 1. The van der Waals surface area contributed by atoms with E-state index in [0.717, 1.165) is 18.2 Å². The molecule has 7 heteroatoms. The first-order chi connectivity index (χ1) is 9.45. The maximum Gasteiger partial charge on any atom is 0.256 e.